The van der Waals surface area contributed by atoms with Crippen LogP contribution in [0, 0.1) is 11.6 Å². The Labute approximate surface area is 145 Å². The van der Waals surface area contributed by atoms with Crippen LogP contribution in [0.4, 0.5) is 14.5 Å². The predicted octanol–water partition coefficient (Wildman–Crippen LogP) is 2.44. The van der Waals surface area contributed by atoms with Gasteiger partial charge in [0.2, 0.25) is 15.9 Å². The molecule has 0 aliphatic heterocycles. The number of nitrogens with one attached hydrogen (secondary N) is 1. The molecule has 0 aromatic heterocycles. The van der Waals surface area contributed by atoms with E-state index in [1.807, 2.05) is 30.3 Å². The first kappa shape index (κ1) is 18.9. The van der Waals surface area contributed by atoms with Crippen molar-refractivity contribution < 1.29 is 22.0 Å². The Morgan fingerprint density at radius 3 is 2.32 bits per heavy atom. The number of carbonyl (C=O) groups is 1. The lowest BCUT2D eigenvalue weighted by atomic mass is 10.2. The summed E-state index contributed by atoms with van der Waals surface area (Å²) in [6.07, 6.45) is 0.898. The molecule has 0 radical (unpaired) electrons. The predicted molar refractivity (Wildman–Crippen MR) is 91.4 cm³/mol. The number of sulfonamides is 1. The van der Waals surface area contributed by atoms with Crippen LogP contribution in [0.2, 0.25) is 0 Å². The molecule has 5 nitrogen and oxygen atoms in total. The average molecular weight is 368 g/mol. The molecule has 1 atom stereocenters. The number of amides is 1. The van der Waals surface area contributed by atoms with Gasteiger partial charge in [-0.2, -0.15) is 0 Å². The quantitative estimate of drug-likeness (QED) is 0.852. The van der Waals surface area contributed by atoms with Crippen molar-refractivity contribution in [1.29, 1.82) is 0 Å². The SMILES string of the molecule is C[C@H](C(=O)NCc1ccccc1)N(c1ccc(F)c(F)c1)S(C)(=O)=O. The molecule has 0 unspecified atom stereocenters. The third-order valence-electron chi connectivity index (χ3n) is 3.56. The molecule has 0 fully saturated rings. The summed E-state index contributed by atoms with van der Waals surface area (Å²) in [5.41, 5.74) is 0.727. The average Bonchev–Trinajstić information content (AvgIpc) is 2.55. The fourth-order valence-corrected chi connectivity index (χ4v) is 3.53. The highest BCUT2D eigenvalue weighted by Gasteiger charge is 2.29. The summed E-state index contributed by atoms with van der Waals surface area (Å²) in [6, 6.07) is 10.6. The van der Waals surface area contributed by atoms with Crippen molar-refractivity contribution in [1.82, 2.24) is 5.32 Å². The highest BCUT2D eigenvalue weighted by Crippen LogP contribution is 2.23. The van der Waals surface area contributed by atoms with E-state index in [0.29, 0.717) is 0 Å². The molecule has 0 aliphatic rings. The summed E-state index contributed by atoms with van der Waals surface area (Å²) in [6.45, 7) is 1.60. The normalized spacial score (nSPS) is 12.5. The van der Waals surface area contributed by atoms with E-state index < -0.39 is 33.6 Å². The number of benzene rings is 2. The number of hydrogen-bond acceptors (Lipinski definition) is 3. The lowest BCUT2D eigenvalue weighted by Crippen LogP contribution is -2.47. The van der Waals surface area contributed by atoms with Crippen molar-refractivity contribution in [2.75, 3.05) is 10.6 Å². The summed E-state index contributed by atoms with van der Waals surface area (Å²) >= 11 is 0. The lowest BCUT2D eigenvalue weighted by molar-refractivity contribution is -0.122. The van der Waals surface area contributed by atoms with E-state index in [-0.39, 0.29) is 12.2 Å². The zero-order valence-corrected chi connectivity index (χ0v) is 14.6. The van der Waals surface area contributed by atoms with Crippen molar-refractivity contribution in [2.24, 2.45) is 0 Å². The fourth-order valence-electron chi connectivity index (χ4n) is 2.36. The molecular formula is C17H18F2N2O3S. The van der Waals surface area contributed by atoms with Gasteiger partial charge in [0, 0.05) is 12.6 Å². The number of carbonyl (C=O) groups excluding carboxylic acids is 1. The van der Waals surface area contributed by atoms with E-state index in [1.54, 1.807) is 0 Å². The molecule has 2 rings (SSSR count). The van der Waals surface area contributed by atoms with Crippen molar-refractivity contribution in [3.05, 3.63) is 65.7 Å². The molecule has 8 heteroatoms. The Balaban J connectivity index is 2.22. The topological polar surface area (TPSA) is 66.5 Å². The Kier molecular flexibility index (Phi) is 5.73. The van der Waals surface area contributed by atoms with Gasteiger partial charge in [-0.1, -0.05) is 30.3 Å². The molecule has 0 spiro atoms. The Hall–Kier alpha value is -2.48. The molecule has 25 heavy (non-hydrogen) atoms. The maximum Gasteiger partial charge on any atom is 0.243 e. The summed E-state index contributed by atoms with van der Waals surface area (Å²) < 4.78 is 51.5. The van der Waals surface area contributed by atoms with Crippen molar-refractivity contribution >= 4 is 21.6 Å². The first-order valence-corrected chi connectivity index (χ1v) is 9.31. The maximum atomic E-state index is 13.5. The second-order valence-electron chi connectivity index (χ2n) is 5.54. The van der Waals surface area contributed by atoms with E-state index in [1.165, 1.54) is 6.92 Å². The van der Waals surface area contributed by atoms with Gasteiger partial charge in [0.05, 0.1) is 11.9 Å². The fraction of sp³-hybridized carbons (Fsp3) is 0.235. The summed E-state index contributed by atoms with van der Waals surface area (Å²) in [7, 11) is -3.89. The molecule has 0 bridgehead atoms. The van der Waals surface area contributed by atoms with Crippen LogP contribution in [0.15, 0.2) is 48.5 Å². The van der Waals surface area contributed by atoms with Crippen LogP contribution < -0.4 is 9.62 Å². The molecule has 2 aromatic rings. The van der Waals surface area contributed by atoms with Gasteiger partial charge in [0.15, 0.2) is 11.6 Å². The van der Waals surface area contributed by atoms with Gasteiger partial charge in [-0.3, -0.25) is 9.10 Å². The monoisotopic (exact) mass is 368 g/mol. The zero-order chi connectivity index (χ0) is 18.6. The standard InChI is InChI=1S/C17H18F2N2O3S/c1-12(17(22)20-11-13-6-4-3-5-7-13)21(25(2,23)24)14-8-9-15(18)16(19)10-14/h3-10,12H,11H2,1-2H3,(H,20,22)/t12-/m1/s1. The summed E-state index contributed by atoms with van der Waals surface area (Å²) in [5.74, 6) is -2.85. The van der Waals surface area contributed by atoms with Gasteiger partial charge in [0.25, 0.3) is 0 Å². The van der Waals surface area contributed by atoms with Crippen LogP contribution in [-0.2, 0) is 21.4 Å². The minimum absolute atomic E-state index is 0.122. The molecule has 1 amide bonds. The molecule has 2 aromatic carbocycles. The van der Waals surface area contributed by atoms with E-state index in [4.69, 9.17) is 0 Å². The van der Waals surface area contributed by atoms with Gasteiger partial charge >= 0.3 is 0 Å². The van der Waals surface area contributed by atoms with Crippen LogP contribution in [0.1, 0.15) is 12.5 Å². The third kappa shape index (κ3) is 4.76. The largest absolute Gasteiger partial charge is 0.350 e. The van der Waals surface area contributed by atoms with Crippen LogP contribution >= 0.6 is 0 Å². The number of anilines is 1. The molecule has 134 valence electrons. The summed E-state index contributed by atoms with van der Waals surface area (Å²) in [4.78, 5) is 12.3. The first-order chi connectivity index (χ1) is 11.7. The molecular weight excluding hydrogens is 350 g/mol. The molecule has 1 N–H and O–H groups in total. The van der Waals surface area contributed by atoms with Gasteiger partial charge in [-0.15, -0.1) is 0 Å². The number of hydrogen-bond donors (Lipinski definition) is 1. The van der Waals surface area contributed by atoms with Gasteiger partial charge < -0.3 is 5.32 Å². The van der Waals surface area contributed by atoms with Crippen LogP contribution in [0.3, 0.4) is 0 Å². The second-order valence-corrected chi connectivity index (χ2v) is 7.40. The third-order valence-corrected chi connectivity index (χ3v) is 4.80. The second kappa shape index (κ2) is 7.60. The van der Waals surface area contributed by atoms with Crippen LogP contribution in [-0.4, -0.2) is 26.6 Å². The molecule has 0 aliphatic carbocycles. The Bertz CT molecular complexity index is 857. The Morgan fingerprint density at radius 1 is 1.12 bits per heavy atom. The van der Waals surface area contributed by atoms with Gasteiger partial charge in [0.1, 0.15) is 6.04 Å². The lowest BCUT2D eigenvalue weighted by Gasteiger charge is -2.28. The zero-order valence-electron chi connectivity index (χ0n) is 13.7. The highest BCUT2D eigenvalue weighted by molar-refractivity contribution is 7.92. The van der Waals surface area contributed by atoms with E-state index in [0.717, 1.165) is 34.3 Å². The maximum absolute atomic E-state index is 13.5. The highest BCUT2D eigenvalue weighted by atomic mass is 32.2. The van der Waals surface area contributed by atoms with Gasteiger partial charge in [-0.05, 0) is 24.6 Å². The van der Waals surface area contributed by atoms with Crippen molar-refractivity contribution in [2.45, 2.75) is 19.5 Å². The molecule has 0 saturated carbocycles. The summed E-state index contributed by atoms with van der Waals surface area (Å²) in [5, 5.41) is 2.63. The Morgan fingerprint density at radius 2 is 1.76 bits per heavy atom. The molecule has 0 heterocycles. The smallest absolute Gasteiger partial charge is 0.243 e. The van der Waals surface area contributed by atoms with E-state index >= 15 is 0 Å². The van der Waals surface area contributed by atoms with Crippen LogP contribution in [0.5, 0.6) is 0 Å². The minimum atomic E-state index is -3.89. The van der Waals surface area contributed by atoms with Crippen molar-refractivity contribution in [3.63, 3.8) is 0 Å². The minimum Gasteiger partial charge on any atom is -0.350 e. The molecule has 0 saturated heterocycles. The van der Waals surface area contributed by atoms with E-state index in [2.05, 4.69) is 5.32 Å². The number of halogens is 2. The van der Waals surface area contributed by atoms with E-state index in [9.17, 15) is 22.0 Å². The van der Waals surface area contributed by atoms with Gasteiger partial charge in [-0.25, -0.2) is 17.2 Å². The number of nitrogens with zero attached hydrogens (tertiary/aromatic N) is 1. The first-order valence-electron chi connectivity index (χ1n) is 7.46. The van der Waals surface area contributed by atoms with Crippen molar-refractivity contribution in [3.8, 4) is 0 Å². The number of rotatable bonds is 6. The van der Waals surface area contributed by atoms with Crippen LogP contribution in [0.25, 0.3) is 0 Å².